The van der Waals surface area contributed by atoms with Gasteiger partial charge >= 0.3 is 0 Å². The third-order valence-electron chi connectivity index (χ3n) is 9.96. The number of carbonyl (C=O) groups is 3. The number of benzene rings is 1. The molecular formula is C33H45N3O4S. The number of aliphatic hydroxyl groups excluding tert-OH is 1. The summed E-state index contributed by atoms with van der Waals surface area (Å²) in [5, 5.41) is 10.3. The van der Waals surface area contributed by atoms with E-state index in [-0.39, 0.29) is 30.4 Å². The number of nitrogens with zero attached hydrogens (tertiary/aromatic N) is 3. The largest absolute Gasteiger partial charge is 0.394 e. The number of carbonyl (C=O) groups excluding carboxylic acids is 3. The average molecular weight is 580 g/mol. The van der Waals surface area contributed by atoms with Gasteiger partial charge in [0.2, 0.25) is 17.7 Å². The topological polar surface area (TPSA) is 81.2 Å². The lowest BCUT2D eigenvalue weighted by Gasteiger charge is -2.42. The first-order valence-corrected chi connectivity index (χ1v) is 16.0. The number of aliphatic hydroxyl groups is 1. The van der Waals surface area contributed by atoms with E-state index in [1.165, 1.54) is 6.42 Å². The van der Waals surface area contributed by atoms with Crippen LogP contribution in [0.15, 0.2) is 55.6 Å². The summed E-state index contributed by atoms with van der Waals surface area (Å²) < 4.78 is -1.15. The van der Waals surface area contributed by atoms with E-state index < -0.39 is 33.4 Å². The van der Waals surface area contributed by atoms with Crippen molar-refractivity contribution >= 4 is 29.5 Å². The first-order chi connectivity index (χ1) is 19.7. The third-order valence-corrected chi connectivity index (χ3v) is 11.9. The Morgan fingerprint density at radius 2 is 1.78 bits per heavy atom. The standard InChI is InChI=1S/C33H45N3O4S/c1-5-19-34(21-24-13-9-7-10-14-24)29(38)26-27-30(39)36(23(3)22-37)28(33(27)18-17-32(26,4)41-33)31(40)35(20-6-2)25-15-11-8-12-16-25/h5-7,9-10,13-14,23,25-28,37H,1-2,8,11-12,15-22H2,3-4H3/t23-,26+,27+,28?,32-,33?/m1/s1. The van der Waals surface area contributed by atoms with Crippen molar-refractivity contribution in [2.45, 2.75) is 93.0 Å². The normalized spacial score (nSPS) is 31.5. The van der Waals surface area contributed by atoms with Crippen molar-refractivity contribution in [1.29, 1.82) is 0 Å². The third kappa shape index (κ3) is 5.05. The number of amides is 3. The average Bonchev–Trinajstić information content (AvgIpc) is 3.56. The Kier molecular flexibility index (Phi) is 8.72. The molecule has 1 aliphatic carbocycles. The van der Waals surface area contributed by atoms with Gasteiger partial charge in [-0.25, -0.2) is 0 Å². The van der Waals surface area contributed by atoms with Crippen LogP contribution in [0.5, 0.6) is 0 Å². The fraction of sp³-hybridized carbons (Fsp3) is 0.606. The van der Waals surface area contributed by atoms with Crippen LogP contribution in [0.1, 0.15) is 64.4 Å². The molecule has 0 radical (unpaired) electrons. The highest BCUT2D eigenvalue weighted by atomic mass is 32.2. The number of rotatable bonds is 11. The van der Waals surface area contributed by atoms with E-state index in [1.807, 2.05) is 47.1 Å². The Bertz CT molecular complexity index is 1170. The van der Waals surface area contributed by atoms with Crippen LogP contribution in [0.3, 0.4) is 0 Å². The Morgan fingerprint density at radius 1 is 1.10 bits per heavy atom. The van der Waals surface area contributed by atoms with Crippen molar-refractivity contribution in [2.24, 2.45) is 11.8 Å². The summed E-state index contributed by atoms with van der Waals surface area (Å²) in [7, 11) is 0. The molecule has 8 heteroatoms. The molecule has 7 nitrogen and oxygen atoms in total. The minimum atomic E-state index is -0.712. The van der Waals surface area contributed by atoms with E-state index in [0.717, 1.165) is 37.7 Å². The SMILES string of the molecule is C=CCN(Cc1ccccc1)C(=O)[C@@H]1[C@H]2C(=O)N([C@H](C)CO)C(C(=O)N(CC=C)C3CCCCC3)C23CC[C@@]1(C)S3. The van der Waals surface area contributed by atoms with E-state index in [4.69, 9.17) is 0 Å². The van der Waals surface area contributed by atoms with Crippen molar-refractivity contribution in [2.75, 3.05) is 19.7 Å². The van der Waals surface area contributed by atoms with Crippen LogP contribution in [0.4, 0.5) is 0 Å². The maximum Gasteiger partial charge on any atom is 0.247 e. The molecule has 1 spiro atoms. The predicted molar refractivity (Wildman–Crippen MR) is 163 cm³/mol. The summed E-state index contributed by atoms with van der Waals surface area (Å²) in [5.74, 6) is -1.43. The fourth-order valence-electron chi connectivity index (χ4n) is 8.08. The minimum Gasteiger partial charge on any atom is -0.394 e. The lowest BCUT2D eigenvalue weighted by atomic mass is 9.66. The number of thioether (sulfide) groups is 1. The van der Waals surface area contributed by atoms with Crippen LogP contribution >= 0.6 is 11.8 Å². The number of fused-ring (bicyclic) bond motifs is 1. The summed E-state index contributed by atoms with van der Waals surface area (Å²) >= 11 is 1.69. The Morgan fingerprint density at radius 3 is 2.41 bits per heavy atom. The fourth-order valence-corrected chi connectivity index (χ4v) is 10.4. The van der Waals surface area contributed by atoms with E-state index in [9.17, 15) is 19.5 Å². The molecule has 3 saturated heterocycles. The van der Waals surface area contributed by atoms with Gasteiger partial charge in [0.15, 0.2) is 0 Å². The van der Waals surface area contributed by atoms with Crippen molar-refractivity contribution in [3.63, 3.8) is 0 Å². The van der Waals surface area contributed by atoms with Crippen LogP contribution < -0.4 is 0 Å². The number of likely N-dealkylation sites (tertiary alicyclic amines) is 1. The van der Waals surface area contributed by atoms with Crippen molar-refractivity contribution in [1.82, 2.24) is 14.7 Å². The summed E-state index contributed by atoms with van der Waals surface area (Å²) in [4.78, 5) is 49.0. The van der Waals surface area contributed by atoms with Crippen LogP contribution in [-0.2, 0) is 20.9 Å². The minimum absolute atomic E-state index is 0.0509. The highest BCUT2D eigenvalue weighted by Crippen LogP contribution is 2.72. The van der Waals surface area contributed by atoms with Gasteiger partial charge in [-0.05, 0) is 45.1 Å². The predicted octanol–water partition coefficient (Wildman–Crippen LogP) is 4.41. The monoisotopic (exact) mass is 579 g/mol. The molecule has 1 N–H and O–H groups in total. The lowest BCUT2D eigenvalue weighted by molar-refractivity contribution is -0.148. The molecule has 2 bridgehead atoms. The van der Waals surface area contributed by atoms with E-state index in [2.05, 4.69) is 20.1 Å². The second-order valence-electron chi connectivity index (χ2n) is 12.6. The van der Waals surface area contributed by atoms with Crippen molar-refractivity contribution in [3.05, 3.63) is 61.2 Å². The molecule has 1 saturated carbocycles. The molecule has 4 fully saturated rings. The quantitative estimate of drug-likeness (QED) is 0.393. The molecule has 3 heterocycles. The van der Waals surface area contributed by atoms with Gasteiger partial charge in [0, 0.05) is 30.4 Å². The van der Waals surface area contributed by atoms with Crippen molar-refractivity contribution in [3.8, 4) is 0 Å². The Hall–Kier alpha value is -2.58. The molecule has 222 valence electrons. The molecule has 41 heavy (non-hydrogen) atoms. The molecule has 3 amide bonds. The molecule has 1 aromatic rings. The van der Waals surface area contributed by atoms with E-state index in [1.54, 1.807) is 28.8 Å². The van der Waals surface area contributed by atoms with Gasteiger partial charge < -0.3 is 19.8 Å². The molecule has 2 unspecified atom stereocenters. The second-order valence-corrected chi connectivity index (χ2v) is 14.5. The summed E-state index contributed by atoms with van der Waals surface area (Å²) in [6.45, 7) is 12.8. The molecule has 4 aliphatic rings. The summed E-state index contributed by atoms with van der Waals surface area (Å²) in [6.07, 6.45) is 10.2. The zero-order chi connectivity index (χ0) is 29.4. The van der Waals surface area contributed by atoms with Gasteiger partial charge in [0.05, 0.1) is 29.2 Å². The van der Waals surface area contributed by atoms with Crippen LogP contribution in [0.25, 0.3) is 0 Å². The van der Waals surface area contributed by atoms with Crippen LogP contribution in [0, 0.1) is 11.8 Å². The number of hydrogen-bond donors (Lipinski definition) is 1. The first kappa shape index (κ1) is 29.9. The lowest BCUT2D eigenvalue weighted by Crippen LogP contribution is -2.59. The molecule has 1 aromatic carbocycles. The zero-order valence-electron chi connectivity index (χ0n) is 24.5. The molecule has 6 atom stereocenters. The Balaban J connectivity index is 1.53. The zero-order valence-corrected chi connectivity index (χ0v) is 25.4. The number of hydrogen-bond acceptors (Lipinski definition) is 5. The maximum atomic E-state index is 14.7. The van der Waals surface area contributed by atoms with Crippen molar-refractivity contribution < 1.29 is 19.5 Å². The van der Waals surface area contributed by atoms with Gasteiger partial charge in [-0.15, -0.1) is 24.9 Å². The summed E-state index contributed by atoms with van der Waals surface area (Å²) in [6, 6.07) is 8.76. The second kappa shape index (κ2) is 12.0. The van der Waals surface area contributed by atoms with Gasteiger partial charge in [-0.3, -0.25) is 14.4 Å². The van der Waals surface area contributed by atoms with Crippen LogP contribution in [-0.4, -0.2) is 84.8 Å². The van der Waals surface area contributed by atoms with E-state index in [0.29, 0.717) is 26.1 Å². The molecule has 3 aliphatic heterocycles. The smallest absolute Gasteiger partial charge is 0.247 e. The van der Waals surface area contributed by atoms with Gasteiger partial charge in [0.1, 0.15) is 6.04 Å². The Labute approximate surface area is 249 Å². The first-order valence-electron chi connectivity index (χ1n) is 15.2. The van der Waals surface area contributed by atoms with Gasteiger partial charge in [-0.2, -0.15) is 0 Å². The molecule has 5 rings (SSSR count). The maximum absolute atomic E-state index is 14.7. The summed E-state index contributed by atoms with van der Waals surface area (Å²) in [5.41, 5.74) is 1.02. The highest BCUT2D eigenvalue weighted by molar-refractivity contribution is 8.02. The molecule has 0 aromatic heterocycles. The van der Waals surface area contributed by atoms with E-state index >= 15 is 0 Å². The van der Waals surface area contributed by atoms with Gasteiger partial charge in [-0.1, -0.05) is 61.7 Å². The van der Waals surface area contributed by atoms with Crippen LogP contribution in [0.2, 0.25) is 0 Å². The van der Waals surface area contributed by atoms with Gasteiger partial charge in [0.25, 0.3) is 0 Å². The highest BCUT2D eigenvalue weighted by Gasteiger charge is 2.78. The molecular weight excluding hydrogens is 534 g/mol.